The van der Waals surface area contributed by atoms with Crippen LogP contribution in [0, 0.1) is 5.82 Å². The van der Waals surface area contributed by atoms with Gasteiger partial charge in [-0.05, 0) is 62.6 Å². The molecule has 3 rings (SSSR count). The number of carbonyl (C=O) groups excluding carboxylic acids is 3. The maximum absolute atomic E-state index is 15.0. The fourth-order valence-electron chi connectivity index (χ4n) is 4.30. The second kappa shape index (κ2) is 10.2. The average Bonchev–Trinajstić information content (AvgIpc) is 2.82. The summed E-state index contributed by atoms with van der Waals surface area (Å²) in [5.74, 6) is -0.756. The van der Waals surface area contributed by atoms with Gasteiger partial charge in [-0.25, -0.2) is 4.39 Å². The molecule has 2 aromatic rings. The third-order valence-electron chi connectivity index (χ3n) is 6.26. The van der Waals surface area contributed by atoms with Gasteiger partial charge in [0.1, 0.15) is 17.6 Å². The Morgan fingerprint density at radius 2 is 1.88 bits per heavy atom. The minimum absolute atomic E-state index is 0.133. The molecule has 0 radical (unpaired) electrons. The van der Waals surface area contributed by atoms with Crippen molar-refractivity contribution >= 4 is 23.4 Å². The van der Waals surface area contributed by atoms with E-state index in [0.717, 1.165) is 11.1 Å². The SMILES string of the molecule is CCNC(=O)C(C)(C)c1ccc(NC(=O)C2c3ccc(OC)cc3CCN2C(=O)CC)cc1F. The van der Waals surface area contributed by atoms with E-state index in [0.29, 0.717) is 25.3 Å². The van der Waals surface area contributed by atoms with Crippen LogP contribution in [0.15, 0.2) is 36.4 Å². The van der Waals surface area contributed by atoms with Gasteiger partial charge in [0.25, 0.3) is 5.91 Å². The monoisotopic (exact) mass is 469 g/mol. The summed E-state index contributed by atoms with van der Waals surface area (Å²) in [6.07, 6.45) is 0.883. The fraction of sp³-hybridized carbons (Fsp3) is 0.423. The highest BCUT2D eigenvalue weighted by Gasteiger charge is 2.36. The van der Waals surface area contributed by atoms with Crippen molar-refractivity contribution in [1.29, 1.82) is 0 Å². The number of nitrogens with zero attached hydrogens (tertiary/aromatic N) is 1. The number of likely N-dealkylation sites (N-methyl/N-ethyl adjacent to an activating group) is 1. The van der Waals surface area contributed by atoms with Gasteiger partial charge in [-0.3, -0.25) is 14.4 Å². The molecule has 2 aromatic carbocycles. The standard InChI is InChI=1S/C26H32FN3O4/c1-6-22(31)30-13-12-16-14-18(34-5)9-10-19(16)23(30)24(32)29-17-8-11-20(21(27)15-17)26(3,4)25(33)28-7-2/h8-11,14-15,23H,6-7,12-13H2,1-5H3,(H,28,33)(H,29,32). The Kier molecular flexibility index (Phi) is 7.59. The molecule has 0 aliphatic carbocycles. The molecule has 0 spiro atoms. The van der Waals surface area contributed by atoms with Gasteiger partial charge < -0.3 is 20.3 Å². The number of hydrogen-bond acceptors (Lipinski definition) is 4. The topological polar surface area (TPSA) is 87.7 Å². The van der Waals surface area contributed by atoms with Crippen LogP contribution in [0.1, 0.15) is 56.8 Å². The summed E-state index contributed by atoms with van der Waals surface area (Å²) in [6, 6.07) is 8.88. The van der Waals surface area contributed by atoms with Crippen LogP contribution >= 0.6 is 0 Å². The van der Waals surface area contributed by atoms with E-state index in [1.807, 2.05) is 6.07 Å². The molecule has 1 unspecified atom stereocenters. The Balaban J connectivity index is 1.91. The number of ether oxygens (including phenoxy) is 1. The van der Waals surface area contributed by atoms with Crippen molar-refractivity contribution in [3.8, 4) is 5.75 Å². The number of nitrogens with one attached hydrogen (secondary N) is 2. The van der Waals surface area contributed by atoms with Gasteiger partial charge in [-0.15, -0.1) is 0 Å². The quantitative estimate of drug-likeness (QED) is 0.647. The number of halogens is 1. The zero-order chi connectivity index (χ0) is 25.0. The summed E-state index contributed by atoms with van der Waals surface area (Å²) in [7, 11) is 1.58. The molecule has 8 heteroatoms. The van der Waals surface area contributed by atoms with E-state index in [9.17, 15) is 14.4 Å². The van der Waals surface area contributed by atoms with Crippen LogP contribution in [-0.4, -0.2) is 42.8 Å². The third kappa shape index (κ3) is 4.90. The number of carbonyl (C=O) groups is 3. The maximum Gasteiger partial charge on any atom is 0.251 e. The van der Waals surface area contributed by atoms with E-state index in [-0.39, 0.29) is 29.5 Å². The summed E-state index contributed by atoms with van der Waals surface area (Å²) >= 11 is 0. The van der Waals surface area contributed by atoms with Gasteiger partial charge in [-0.2, -0.15) is 0 Å². The molecule has 7 nitrogen and oxygen atoms in total. The van der Waals surface area contributed by atoms with Crippen LogP contribution in [0.25, 0.3) is 0 Å². The zero-order valence-corrected chi connectivity index (χ0v) is 20.3. The molecule has 1 heterocycles. The molecule has 0 aromatic heterocycles. The minimum Gasteiger partial charge on any atom is -0.497 e. The van der Waals surface area contributed by atoms with Gasteiger partial charge in [-0.1, -0.05) is 19.1 Å². The second-order valence-corrected chi connectivity index (χ2v) is 8.83. The van der Waals surface area contributed by atoms with Crippen molar-refractivity contribution in [2.45, 2.75) is 52.0 Å². The Labute approximate surface area is 199 Å². The largest absolute Gasteiger partial charge is 0.497 e. The highest BCUT2D eigenvalue weighted by molar-refractivity contribution is 5.98. The number of methoxy groups -OCH3 is 1. The smallest absolute Gasteiger partial charge is 0.251 e. The predicted octanol–water partition coefficient (Wildman–Crippen LogP) is 3.72. The number of benzene rings is 2. The third-order valence-corrected chi connectivity index (χ3v) is 6.26. The summed E-state index contributed by atoms with van der Waals surface area (Å²) in [5, 5.41) is 5.48. The number of rotatable bonds is 7. The van der Waals surface area contributed by atoms with Gasteiger partial charge in [0.15, 0.2) is 0 Å². The summed E-state index contributed by atoms with van der Waals surface area (Å²) < 4.78 is 20.3. The Morgan fingerprint density at radius 3 is 2.50 bits per heavy atom. The molecule has 0 saturated heterocycles. The van der Waals surface area contributed by atoms with Crippen molar-refractivity contribution < 1.29 is 23.5 Å². The number of amides is 3. The maximum atomic E-state index is 15.0. The molecule has 34 heavy (non-hydrogen) atoms. The van der Waals surface area contributed by atoms with Crippen LogP contribution in [0.5, 0.6) is 5.75 Å². The van der Waals surface area contributed by atoms with Gasteiger partial charge >= 0.3 is 0 Å². The minimum atomic E-state index is -1.08. The molecule has 1 atom stereocenters. The lowest BCUT2D eigenvalue weighted by atomic mass is 9.83. The van der Waals surface area contributed by atoms with E-state index >= 15 is 4.39 Å². The van der Waals surface area contributed by atoms with Crippen molar-refractivity contribution in [3.63, 3.8) is 0 Å². The fourth-order valence-corrected chi connectivity index (χ4v) is 4.30. The Morgan fingerprint density at radius 1 is 1.15 bits per heavy atom. The number of anilines is 1. The van der Waals surface area contributed by atoms with Gasteiger partial charge in [0.05, 0.1) is 12.5 Å². The van der Waals surface area contributed by atoms with Crippen LogP contribution in [0.2, 0.25) is 0 Å². The van der Waals surface area contributed by atoms with E-state index in [1.54, 1.807) is 57.9 Å². The van der Waals surface area contributed by atoms with Crippen molar-refractivity contribution in [3.05, 3.63) is 58.9 Å². The van der Waals surface area contributed by atoms with E-state index in [1.165, 1.54) is 12.1 Å². The first-order chi connectivity index (χ1) is 16.1. The molecule has 182 valence electrons. The van der Waals surface area contributed by atoms with E-state index in [2.05, 4.69) is 10.6 Å². The van der Waals surface area contributed by atoms with Crippen LogP contribution < -0.4 is 15.4 Å². The molecule has 1 aliphatic rings. The highest BCUT2D eigenvalue weighted by Crippen LogP contribution is 2.34. The Hall–Kier alpha value is -3.42. The lowest BCUT2D eigenvalue weighted by molar-refractivity contribution is -0.139. The molecular formula is C26H32FN3O4. The van der Waals surface area contributed by atoms with Crippen LogP contribution in [0.4, 0.5) is 10.1 Å². The Bertz CT molecular complexity index is 1100. The molecule has 2 N–H and O–H groups in total. The predicted molar refractivity (Wildman–Crippen MR) is 128 cm³/mol. The van der Waals surface area contributed by atoms with Gasteiger partial charge in [0, 0.05) is 30.8 Å². The van der Waals surface area contributed by atoms with E-state index < -0.39 is 23.2 Å². The first kappa shape index (κ1) is 25.2. The molecular weight excluding hydrogens is 437 g/mol. The van der Waals surface area contributed by atoms with Crippen LogP contribution in [0.3, 0.4) is 0 Å². The lowest BCUT2D eigenvalue weighted by Crippen LogP contribution is -2.45. The van der Waals surface area contributed by atoms with E-state index in [4.69, 9.17) is 4.74 Å². The van der Waals surface area contributed by atoms with Crippen molar-refractivity contribution in [1.82, 2.24) is 10.2 Å². The molecule has 0 saturated carbocycles. The highest BCUT2D eigenvalue weighted by atomic mass is 19.1. The zero-order valence-electron chi connectivity index (χ0n) is 20.3. The molecule has 0 bridgehead atoms. The summed E-state index contributed by atoms with van der Waals surface area (Å²) in [6.45, 7) is 7.70. The summed E-state index contributed by atoms with van der Waals surface area (Å²) in [4.78, 5) is 39.9. The second-order valence-electron chi connectivity index (χ2n) is 8.83. The molecule has 0 fully saturated rings. The summed E-state index contributed by atoms with van der Waals surface area (Å²) in [5.41, 5.74) is 1.07. The van der Waals surface area contributed by atoms with Crippen molar-refractivity contribution in [2.24, 2.45) is 0 Å². The molecule has 3 amide bonds. The number of fused-ring (bicyclic) bond motifs is 1. The van der Waals surface area contributed by atoms with Crippen molar-refractivity contribution in [2.75, 3.05) is 25.5 Å². The van der Waals surface area contributed by atoms with Gasteiger partial charge in [0.2, 0.25) is 11.8 Å². The number of hydrogen-bond donors (Lipinski definition) is 2. The van der Waals surface area contributed by atoms with Crippen LogP contribution in [-0.2, 0) is 26.2 Å². The first-order valence-corrected chi connectivity index (χ1v) is 11.5. The average molecular weight is 470 g/mol. The molecule has 1 aliphatic heterocycles. The normalized spacial score (nSPS) is 15.4. The first-order valence-electron chi connectivity index (χ1n) is 11.5. The lowest BCUT2D eigenvalue weighted by Gasteiger charge is -2.36.